The van der Waals surface area contributed by atoms with E-state index in [9.17, 15) is 5.11 Å². The van der Waals surface area contributed by atoms with Crippen molar-refractivity contribution in [3.05, 3.63) is 23.8 Å². The molecule has 0 radical (unpaired) electrons. The third kappa shape index (κ3) is 9.96. The summed E-state index contributed by atoms with van der Waals surface area (Å²) in [5, 5.41) is 13.6. The number of ether oxygens (including phenoxy) is 3. The predicted octanol–water partition coefficient (Wildman–Crippen LogP) is 2.68. The number of benzene rings is 1. The molecule has 1 aromatic rings. The van der Waals surface area contributed by atoms with Gasteiger partial charge in [-0.2, -0.15) is 0 Å². The largest absolute Gasteiger partial charge is 0.493 e. The van der Waals surface area contributed by atoms with Gasteiger partial charge >= 0.3 is 0 Å². The molecule has 6 nitrogen and oxygen atoms in total. The molecule has 0 saturated carbocycles. The van der Waals surface area contributed by atoms with Crippen molar-refractivity contribution in [3.8, 4) is 11.5 Å². The summed E-state index contributed by atoms with van der Waals surface area (Å²) >= 11 is 0. The number of aliphatic hydroxyl groups excluding tert-OH is 1. The Kier molecular flexibility index (Phi) is 11.4. The van der Waals surface area contributed by atoms with Gasteiger partial charge in [-0.3, -0.25) is 0 Å². The van der Waals surface area contributed by atoms with Gasteiger partial charge in [0, 0.05) is 25.7 Å². The SMILES string of the molecule is COc1ccc(CNCCCOC(C)C)cc1OCC(O)CN(C)C(C)C. The monoisotopic (exact) mass is 382 g/mol. The van der Waals surface area contributed by atoms with E-state index in [0.717, 1.165) is 31.7 Å². The van der Waals surface area contributed by atoms with Crippen LogP contribution >= 0.6 is 0 Å². The summed E-state index contributed by atoms with van der Waals surface area (Å²) in [5.41, 5.74) is 1.12. The van der Waals surface area contributed by atoms with Gasteiger partial charge in [0.1, 0.15) is 12.7 Å². The first-order valence-corrected chi connectivity index (χ1v) is 9.83. The normalized spacial score (nSPS) is 12.8. The summed E-state index contributed by atoms with van der Waals surface area (Å²) in [6, 6.07) is 6.28. The third-order valence-electron chi connectivity index (χ3n) is 4.32. The molecular formula is C21H38N2O4. The lowest BCUT2D eigenvalue weighted by atomic mass is 10.2. The van der Waals surface area contributed by atoms with Crippen molar-refractivity contribution in [2.24, 2.45) is 0 Å². The molecular weight excluding hydrogens is 344 g/mol. The number of methoxy groups -OCH3 is 1. The molecule has 0 saturated heterocycles. The number of hydrogen-bond donors (Lipinski definition) is 2. The van der Waals surface area contributed by atoms with Gasteiger partial charge in [-0.1, -0.05) is 6.07 Å². The van der Waals surface area contributed by atoms with Crippen LogP contribution in [-0.4, -0.2) is 68.7 Å². The summed E-state index contributed by atoms with van der Waals surface area (Å²) in [5.74, 6) is 1.33. The van der Waals surface area contributed by atoms with Crippen LogP contribution in [0.1, 0.15) is 39.7 Å². The summed E-state index contributed by atoms with van der Waals surface area (Å²) in [7, 11) is 3.62. The van der Waals surface area contributed by atoms with Crippen LogP contribution in [0.2, 0.25) is 0 Å². The summed E-state index contributed by atoms with van der Waals surface area (Å²) < 4.78 is 16.7. The molecule has 0 spiro atoms. The molecule has 1 unspecified atom stereocenters. The quantitative estimate of drug-likeness (QED) is 0.483. The average Bonchev–Trinajstić information content (AvgIpc) is 2.62. The smallest absolute Gasteiger partial charge is 0.161 e. The number of likely N-dealkylation sites (N-methyl/N-ethyl adjacent to an activating group) is 1. The second-order valence-corrected chi connectivity index (χ2v) is 7.43. The summed E-state index contributed by atoms with van der Waals surface area (Å²) in [6.07, 6.45) is 0.708. The molecule has 6 heteroatoms. The van der Waals surface area contributed by atoms with E-state index in [1.165, 1.54) is 0 Å². The van der Waals surface area contributed by atoms with E-state index in [1.807, 2.05) is 39.1 Å². The second kappa shape index (κ2) is 12.9. The number of aliphatic hydroxyl groups is 1. The van der Waals surface area contributed by atoms with Crippen LogP contribution in [0, 0.1) is 0 Å². The number of nitrogens with one attached hydrogen (secondary N) is 1. The van der Waals surface area contributed by atoms with Gasteiger partial charge in [-0.25, -0.2) is 0 Å². The fourth-order valence-electron chi connectivity index (χ4n) is 2.47. The lowest BCUT2D eigenvalue weighted by Gasteiger charge is -2.24. The van der Waals surface area contributed by atoms with Crippen LogP contribution in [0.3, 0.4) is 0 Å². The van der Waals surface area contributed by atoms with Gasteiger partial charge in [0.2, 0.25) is 0 Å². The molecule has 0 aromatic heterocycles. The molecule has 27 heavy (non-hydrogen) atoms. The topological polar surface area (TPSA) is 63.2 Å². The van der Waals surface area contributed by atoms with Gasteiger partial charge in [-0.05, 0) is 65.4 Å². The minimum Gasteiger partial charge on any atom is -0.493 e. The minimum absolute atomic E-state index is 0.233. The molecule has 0 fully saturated rings. The lowest BCUT2D eigenvalue weighted by Crippen LogP contribution is -2.37. The van der Waals surface area contributed by atoms with Crippen molar-refractivity contribution in [3.63, 3.8) is 0 Å². The molecule has 1 atom stereocenters. The van der Waals surface area contributed by atoms with Gasteiger partial charge in [0.25, 0.3) is 0 Å². The fourth-order valence-corrected chi connectivity index (χ4v) is 2.47. The van der Waals surface area contributed by atoms with Crippen LogP contribution in [0.5, 0.6) is 11.5 Å². The molecule has 0 amide bonds. The maximum absolute atomic E-state index is 10.2. The van der Waals surface area contributed by atoms with Crippen LogP contribution in [-0.2, 0) is 11.3 Å². The first-order valence-electron chi connectivity index (χ1n) is 9.83. The van der Waals surface area contributed by atoms with Crippen molar-refractivity contribution in [1.29, 1.82) is 0 Å². The molecule has 0 aliphatic rings. The molecule has 1 rings (SSSR count). The van der Waals surface area contributed by atoms with Crippen molar-refractivity contribution in [2.75, 3.05) is 40.5 Å². The van der Waals surface area contributed by atoms with E-state index in [4.69, 9.17) is 14.2 Å². The number of hydrogen-bond acceptors (Lipinski definition) is 6. The van der Waals surface area contributed by atoms with E-state index in [1.54, 1.807) is 7.11 Å². The minimum atomic E-state index is -0.551. The molecule has 0 heterocycles. The highest BCUT2D eigenvalue weighted by atomic mass is 16.5. The van der Waals surface area contributed by atoms with Crippen molar-refractivity contribution < 1.29 is 19.3 Å². The van der Waals surface area contributed by atoms with Crippen LogP contribution in [0.4, 0.5) is 0 Å². The molecule has 0 aliphatic heterocycles. The highest BCUT2D eigenvalue weighted by molar-refractivity contribution is 5.43. The molecule has 1 aromatic carbocycles. The molecule has 0 aliphatic carbocycles. The Morgan fingerprint density at radius 2 is 1.89 bits per heavy atom. The van der Waals surface area contributed by atoms with Gasteiger partial charge in [0.05, 0.1) is 13.2 Å². The zero-order chi connectivity index (χ0) is 20.2. The predicted molar refractivity (Wildman–Crippen MR) is 110 cm³/mol. The van der Waals surface area contributed by atoms with E-state index in [2.05, 4.69) is 24.1 Å². The maximum atomic E-state index is 10.2. The first kappa shape index (κ1) is 23.7. The van der Waals surface area contributed by atoms with Crippen molar-refractivity contribution in [1.82, 2.24) is 10.2 Å². The lowest BCUT2D eigenvalue weighted by molar-refractivity contribution is 0.0668. The Morgan fingerprint density at radius 3 is 2.52 bits per heavy atom. The summed E-state index contributed by atoms with van der Waals surface area (Å²) in [6.45, 7) is 11.5. The zero-order valence-corrected chi connectivity index (χ0v) is 17.8. The Balaban J connectivity index is 2.47. The van der Waals surface area contributed by atoms with Crippen molar-refractivity contribution >= 4 is 0 Å². The van der Waals surface area contributed by atoms with Crippen molar-refractivity contribution in [2.45, 2.75) is 58.9 Å². The van der Waals surface area contributed by atoms with Crippen LogP contribution in [0.25, 0.3) is 0 Å². The van der Waals surface area contributed by atoms with Crippen LogP contribution < -0.4 is 14.8 Å². The molecule has 156 valence electrons. The number of nitrogens with zero attached hydrogens (tertiary/aromatic N) is 1. The fraction of sp³-hybridized carbons (Fsp3) is 0.714. The van der Waals surface area contributed by atoms with Gasteiger partial charge in [-0.15, -0.1) is 0 Å². The maximum Gasteiger partial charge on any atom is 0.161 e. The second-order valence-electron chi connectivity index (χ2n) is 7.43. The molecule has 2 N–H and O–H groups in total. The Hall–Kier alpha value is -1.34. The highest BCUT2D eigenvalue weighted by Crippen LogP contribution is 2.28. The van der Waals surface area contributed by atoms with E-state index in [-0.39, 0.29) is 12.7 Å². The Labute approximate surface area is 164 Å². The average molecular weight is 383 g/mol. The van der Waals surface area contributed by atoms with E-state index < -0.39 is 6.10 Å². The van der Waals surface area contributed by atoms with Crippen LogP contribution in [0.15, 0.2) is 18.2 Å². The Morgan fingerprint density at radius 1 is 1.15 bits per heavy atom. The first-order chi connectivity index (χ1) is 12.8. The summed E-state index contributed by atoms with van der Waals surface area (Å²) in [4.78, 5) is 2.09. The highest BCUT2D eigenvalue weighted by Gasteiger charge is 2.13. The van der Waals surface area contributed by atoms with Gasteiger partial charge < -0.3 is 29.5 Å². The molecule has 0 bridgehead atoms. The van der Waals surface area contributed by atoms with Gasteiger partial charge in [0.15, 0.2) is 11.5 Å². The zero-order valence-electron chi connectivity index (χ0n) is 17.8. The third-order valence-corrected chi connectivity index (χ3v) is 4.32. The van der Waals surface area contributed by atoms with E-state index in [0.29, 0.717) is 24.1 Å². The Bertz CT molecular complexity index is 523. The standard InChI is InChI=1S/C21H38N2O4/c1-16(2)23(5)14-19(24)15-27-21-12-18(8-9-20(21)25-6)13-22-10-7-11-26-17(3)4/h8-9,12,16-17,19,22,24H,7,10-11,13-15H2,1-6H3. The van der Waals surface area contributed by atoms with E-state index >= 15 is 0 Å². The number of rotatable bonds is 14.